The molecule has 0 aromatic rings. The van der Waals surface area contributed by atoms with Gasteiger partial charge in [0.15, 0.2) is 0 Å². The van der Waals surface area contributed by atoms with Crippen molar-refractivity contribution in [2.24, 2.45) is 15.9 Å². The molecule has 13 heavy (non-hydrogen) atoms. The lowest BCUT2D eigenvalue weighted by atomic mass is 9.96. The molecule has 0 spiro atoms. The van der Waals surface area contributed by atoms with Crippen LogP contribution in [0.25, 0.3) is 0 Å². The molecule has 0 fully saturated rings. The highest BCUT2D eigenvalue weighted by Crippen LogP contribution is 2.17. The number of nitrogens with zero attached hydrogens (tertiary/aromatic N) is 2. The number of allylic oxidation sites excluding steroid dienone is 5. The molecule has 0 saturated heterocycles. The normalized spacial score (nSPS) is 19.9. The Balaban J connectivity index is 2.35. The maximum Gasteiger partial charge on any atom is 0.0743 e. The van der Waals surface area contributed by atoms with Crippen molar-refractivity contribution in [3.8, 4) is 0 Å². The largest absolute Gasteiger partial charge is 0.327 e. The Hall–Kier alpha value is -1.48. The van der Waals surface area contributed by atoms with Crippen LogP contribution in [0.15, 0.2) is 45.7 Å². The number of rotatable bonds is 1. The molecule has 2 N–H and O–H groups in total. The second-order valence-electron chi connectivity index (χ2n) is 3.00. The summed E-state index contributed by atoms with van der Waals surface area (Å²) in [7, 11) is 0. The number of hydrogen-bond donors (Lipinski definition) is 1. The van der Waals surface area contributed by atoms with Crippen LogP contribution in [0.1, 0.15) is 6.42 Å². The first-order valence-corrected chi connectivity index (χ1v) is 4.27. The standard InChI is InChI=1S/C10H11N3/c11-7-8-3-4-9-2-1-5-12-13-10(9)6-8/h1-5H,6-7,11H2. The summed E-state index contributed by atoms with van der Waals surface area (Å²) >= 11 is 0. The van der Waals surface area contributed by atoms with Crippen molar-refractivity contribution in [1.82, 2.24) is 0 Å². The third-order valence-corrected chi connectivity index (χ3v) is 2.10. The molecule has 66 valence electrons. The smallest absolute Gasteiger partial charge is 0.0743 e. The SMILES string of the molecule is NCC1=CC=C2C=CC=NN=C2C1. The van der Waals surface area contributed by atoms with E-state index in [0.717, 1.165) is 17.7 Å². The van der Waals surface area contributed by atoms with Crippen LogP contribution in [-0.4, -0.2) is 18.5 Å². The van der Waals surface area contributed by atoms with Gasteiger partial charge in [-0.05, 0) is 11.6 Å². The van der Waals surface area contributed by atoms with Crippen molar-refractivity contribution in [2.75, 3.05) is 6.54 Å². The fourth-order valence-corrected chi connectivity index (χ4v) is 1.35. The lowest BCUT2D eigenvalue weighted by Gasteiger charge is -2.11. The summed E-state index contributed by atoms with van der Waals surface area (Å²) in [4.78, 5) is 0. The van der Waals surface area contributed by atoms with Crippen molar-refractivity contribution >= 4 is 11.9 Å². The predicted molar refractivity (Wildman–Crippen MR) is 54.9 cm³/mol. The van der Waals surface area contributed by atoms with E-state index in [4.69, 9.17) is 5.73 Å². The molecular formula is C10H11N3. The van der Waals surface area contributed by atoms with Gasteiger partial charge in [-0.15, -0.1) is 0 Å². The van der Waals surface area contributed by atoms with Gasteiger partial charge < -0.3 is 5.73 Å². The van der Waals surface area contributed by atoms with Gasteiger partial charge in [-0.3, -0.25) is 0 Å². The zero-order chi connectivity index (χ0) is 9.10. The van der Waals surface area contributed by atoms with Crippen LogP contribution in [0.5, 0.6) is 0 Å². The van der Waals surface area contributed by atoms with Crippen molar-refractivity contribution in [1.29, 1.82) is 0 Å². The second-order valence-corrected chi connectivity index (χ2v) is 3.00. The van der Waals surface area contributed by atoms with E-state index in [1.54, 1.807) is 6.21 Å². The first-order valence-electron chi connectivity index (χ1n) is 4.27. The molecule has 0 amide bonds. The Bertz CT molecular complexity index is 356. The van der Waals surface area contributed by atoms with Gasteiger partial charge in [-0.25, -0.2) is 0 Å². The monoisotopic (exact) mass is 173 g/mol. The van der Waals surface area contributed by atoms with Crippen molar-refractivity contribution in [2.45, 2.75) is 6.42 Å². The summed E-state index contributed by atoms with van der Waals surface area (Å²) in [5, 5.41) is 7.99. The minimum atomic E-state index is 0.593. The molecule has 0 atom stereocenters. The maximum absolute atomic E-state index is 5.56. The van der Waals surface area contributed by atoms with Crippen LogP contribution < -0.4 is 5.73 Å². The zero-order valence-corrected chi connectivity index (χ0v) is 7.27. The van der Waals surface area contributed by atoms with Crippen LogP contribution in [-0.2, 0) is 0 Å². The average Bonchev–Trinajstić information content (AvgIpc) is 2.41. The minimum absolute atomic E-state index is 0.593. The molecule has 1 heterocycles. The van der Waals surface area contributed by atoms with E-state index in [2.05, 4.69) is 16.3 Å². The quantitative estimate of drug-likeness (QED) is 0.636. The number of nitrogens with two attached hydrogens (primary N) is 1. The molecule has 2 rings (SSSR count). The zero-order valence-electron chi connectivity index (χ0n) is 7.27. The van der Waals surface area contributed by atoms with Gasteiger partial charge in [0.25, 0.3) is 0 Å². The molecule has 1 aliphatic heterocycles. The Morgan fingerprint density at radius 2 is 2.31 bits per heavy atom. The van der Waals surface area contributed by atoms with E-state index in [0.29, 0.717) is 6.54 Å². The molecule has 1 aliphatic carbocycles. The van der Waals surface area contributed by atoms with Crippen LogP contribution in [0.4, 0.5) is 0 Å². The number of fused-ring (bicyclic) bond motifs is 1. The van der Waals surface area contributed by atoms with E-state index < -0.39 is 0 Å². The molecule has 0 saturated carbocycles. The van der Waals surface area contributed by atoms with E-state index >= 15 is 0 Å². The second kappa shape index (κ2) is 3.49. The Morgan fingerprint density at radius 1 is 1.38 bits per heavy atom. The van der Waals surface area contributed by atoms with Gasteiger partial charge in [-0.1, -0.05) is 23.8 Å². The predicted octanol–water partition coefficient (Wildman–Crippen LogP) is 1.20. The van der Waals surface area contributed by atoms with E-state index in [1.165, 1.54) is 5.57 Å². The minimum Gasteiger partial charge on any atom is -0.327 e. The van der Waals surface area contributed by atoms with Gasteiger partial charge in [0.1, 0.15) is 0 Å². The van der Waals surface area contributed by atoms with Crippen LogP contribution in [0.2, 0.25) is 0 Å². The lowest BCUT2D eigenvalue weighted by Crippen LogP contribution is -2.12. The molecule has 0 aromatic heterocycles. The fraction of sp³-hybridized carbons (Fsp3) is 0.200. The third-order valence-electron chi connectivity index (χ3n) is 2.10. The van der Waals surface area contributed by atoms with Crippen molar-refractivity contribution in [3.63, 3.8) is 0 Å². The molecule has 0 radical (unpaired) electrons. The first kappa shape index (κ1) is 8.13. The molecule has 3 heteroatoms. The van der Waals surface area contributed by atoms with E-state index in [1.807, 2.05) is 18.2 Å². The molecule has 0 aromatic carbocycles. The van der Waals surface area contributed by atoms with Gasteiger partial charge >= 0.3 is 0 Å². The summed E-state index contributed by atoms with van der Waals surface area (Å²) < 4.78 is 0. The van der Waals surface area contributed by atoms with Gasteiger partial charge in [0.05, 0.1) is 5.71 Å². The fourth-order valence-electron chi connectivity index (χ4n) is 1.35. The highest BCUT2D eigenvalue weighted by molar-refractivity contribution is 6.06. The Morgan fingerprint density at radius 3 is 3.15 bits per heavy atom. The Labute approximate surface area is 77.0 Å². The highest BCUT2D eigenvalue weighted by Gasteiger charge is 2.11. The summed E-state index contributed by atoms with van der Waals surface area (Å²) in [6, 6.07) is 0. The topological polar surface area (TPSA) is 50.7 Å². The van der Waals surface area contributed by atoms with Crippen molar-refractivity contribution < 1.29 is 0 Å². The summed E-state index contributed by atoms with van der Waals surface area (Å²) in [5.41, 5.74) is 8.90. The molecule has 3 nitrogen and oxygen atoms in total. The highest BCUT2D eigenvalue weighted by atomic mass is 15.2. The summed E-state index contributed by atoms with van der Waals surface area (Å²) in [6.07, 6.45) is 10.5. The molecule has 0 unspecified atom stereocenters. The molecule has 0 bridgehead atoms. The van der Waals surface area contributed by atoms with Crippen LogP contribution in [0.3, 0.4) is 0 Å². The average molecular weight is 173 g/mol. The third kappa shape index (κ3) is 1.65. The molecular weight excluding hydrogens is 162 g/mol. The molecule has 2 aliphatic rings. The van der Waals surface area contributed by atoms with Gasteiger partial charge in [-0.2, -0.15) is 10.2 Å². The van der Waals surface area contributed by atoms with Crippen LogP contribution in [0, 0.1) is 0 Å². The van der Waals surface area contributed by atoms with Gasteiger partial charge in [0, 0.05) is 19.2 Å². The Kier molecular flexibility index (Phi) is 2.19. The summed E-state index contributed by atoms with van der Waals surface area (Å²) in [5.74, 6) is 0. The van der Waals surface area contributed by atoms with Gasteiger partial charge in [0.2, 0.25) is 0 Å². The first-order chi connectivity index (χ1) is 6.40. The summed E-state index contributed by atoms with van der Waals surface area (Å²) in [6.45, 7) is 0.593. The lowest BCUT2D eigenvalue weighted by molar-refractivity contribution is 1.07. The number of hydrogen-bond acceptors (Lipinski definition) is 3. The van der Waals surface area contributed by atoms with Crippen molar-refractivity contribution in [3.05, 3.63) is 35.5 Å². The van der Waals surface area contributed by atoms with E-state index in [9.17, 15) is 0 Å². The van der Waals surface area contributed by atoms with E-state index in [-0.39, 0.29) is 0 Å². The van der Waals surface area contributed by atoms with Crippen LogP contribution >= 0.6 is 0 Å². The maximum atomic E-state index is 5.56.